The molecule has 9 nitrogen and oxygen atoms in total. The molecule has 1 aliphatic heterocycles. The van der Waals surface area contributed by atoms with E-state index < -0.39 is 23.4 Å². The average molecular weight is 646 g/mol. The molecule has 1 fully saturated rings. The second-order valence-corrected chi connectivity index (χ2v) is 11.5. The van der Waals surface area contributed by atoms with Crippen molar-refractivity contribution in [1.29, 1.82) is 0 Å². The number of hydrogen-bond donors (Lipinski definition) is 1. The third kappa shape index (κ3) is 6.26. The standard InChI is InChI=1S/C37H29F2N5O4/c1-43-20-25(19-41-43)13-10-23-8-11-24(12-9-23)22-48-32-7-4-15-40-35(32)28-6-3-2-5-26(28)17-29-33(38)30(36(45)46)18-31-34(29)42-37(39)44(31)21-27-14-16-47-27/h2-9,11-12,15,18-20,27H,14,16-17,21-22H2,1H3,(H,45,46). The lowest BCUT2D eigenvalue weighted by Gasteiger charge is -2.26. The van der Waals surface area contributed by atoms with Crippen LogP contribution in [0.4, 0.5) is 8.78 Å². The van der Waals surface area contributed by atoms with Crippen molar-refractivity contribution in [1.82, 2.24) is 24.3 Å². The SMILES string of the molecule is Cn1cc(C#Cc2ccc(COc3cccnc3-c3ccccc3Cc3c(F)c(C(=O)O)cc4c3nc(F)n4CC3CCO3)cc2)cn1. The molecule has 11 heteroatoms. The molecule has 1 atom stereocenters. The molecule has 6 aromatic rings. The highest BCUT2D eigenvalue weighted by Gasteiger charge is 2.27. The molecule has 240 valence electrons. The largest absolute Gasteiger partial charge is 0.487 e. The number of aromatic nitrogens is 5. The number of fused-ring (bicyclic) bond motifs is 1. The number of aryl methyl sites for hydroxylation is 1. The Bertz CT molecular complexity index is 2210. The van der Waals surface area contributed by atoms with Gasteiger partial charge in [0.05, 0.1) is 41.0 Å². The Hall–Kier alpha value is -5.86. The van der Waals surface area contributed by atoms with Gasteiger partial charge in [-0.3, -0.25) is 14.2 Å². The zero-order valence-electron chi connectivity index (χ0n) is 25.9. The van der Waals surface area contributed by atoms with E-state index >= 15 is 8.78 Å². The number of benzene rings is 3. The predicted molar refractivity (Wildman–Crippen MR) is 173 cm³/mol. The maximum absolute atomic E-state index is 15.9. The molecule has 1 unspecified atom stereocenters. The highest BCUT2D eigenvalue weighted by Crippen LogP contribution is 2.35. The normalized spacial score (nSPS) is 13.9. The summed E-state index contributed by atoms with van der Waals surface area (Å²) in [5.74, 6) is 4.31. The van der Waals surface area contributed by atoms with Gasteiger partial charge in [0, 0.05) is 49.2 Å². The van der Waals surface area contributed by atoms with E-state index in [1.165, 1.54) is 4.57 Å². The van der Waals surface area contributed by atoms with Crippen LogP contribution in [-0.2, 0) is 31.4 Å². The topological polar surface area (TPSA) is 104 Å². The number of aromatic carboxylic acids is 1. The Balaban J connectivity index is 1.17. The number of imidazole rings is 1. The fourth-order valence-electron chi connectivity index (χ4n) is 5.68. The summed E-state index contributed by atoms with van der Waals surface area (Å²) >= 11 is 0. The van der Waals surface area contributed by atoms with Gasteiger partial charge in [-0.15, -0.1) is 0 Å². The Morgan fingerprint density at radius 3 is 2.60 bits per heavy atom. The van der Waals surface area contributed by atoms with E-state index in [1.54, 1.807) is 41.3 Å². The molecule has 1 aliphatic rings. The number of carboxylic acid groups (broad SMARTS) is 1. The fourth-order valence-corrected chi connectivity index (χ4v) is 5.68. The van der Waals surface area contributed by atoms with Crippen molar-refractivity contribution in [3.05, 3.63) is 131 Å². The van der Waals surface area contributed by atoms with Gasteiger partial charge in [-0.05, 0) is 47.9 Å². The first-order valence-electron chi connectivity index (χ1n) is 15.3. The lowest BCUT2D eigenvalue weighted by atomic mass is 9.94. The van der Waals surface area contributed by atoms with Crippen LogP contribution in [0, 0.1) is 23.7 Å². The molecule has 3 aromatic carbocycles. The minimum atomic E-state index is -1.45. The minimum absolute atomic E-state index is 0.0188. The molecule has 0 spiro atoms. The molecular formula is C37H29F2N5O4. The molecule has 3 aromatic heterocycles. The van der Waals surface area contributed by atoms with Gasteiger partial charge < -0.3 is 14.6 Å². The smallest absolute Gasteiger partial charge is 0.338 e. The van der Waals surface area contributed by atoms with Crippen molar-refractivity contribution < 1.29 is 28.2 Å². The van der Waals surface area contributed by atoms with Crippen molar-refractivity contribution in [3.8, 4) is 28.8 Å². The maximum Gasteiger partial charge on any atom is 0.338 e. The second kappa shape index (κ2) is 13.1. The number of carboxylic acids is 1. The molecule has 48 heavy (non-hydrogen) atoms. The molecule has 4 heterocycles. The van der Waals surface area contributed by atoms with Gasteiger partial charge in [0.1, 0.15) is 23.9 Å². The fraction of sp³-hybridized carbons (Fsp3) is 0.189. The molecule has 0 radical (unpaired) electrons. The maximum atomic E-state index is 15.9. The zero-order chi connectivity index (χ0) is 33.2. The molecular weight excluding hydrogens is 616 g/mol. The van der Waals surface area contributed by atoms with Gasteiger partial charge in [-0.2, -0.15) is 9.49 Å². The highest BCUT2D eigenvalue weighted by atomic mass is 19.1. The number of pyridine rings is 1. The van der Waals surface area contributed by atoms with E-state index in [4.69, 9.17) is 9.47 Å². The Kier molecular flexibility index (Phi) is 8.40. The van der Waals surface area contributed by atoms with Crippen LogP contribution in [0.25, 0.3) is 22.3 Å². The molecule has 0 amide bonds. The molecule has 0 saturated carbocycles. The van der Waals surface area contributed by atoms with Crippen LogP contribution in [0.15, 0.2) is 85.3 Å². The second-order valence-electron chi connectivity index (χ2n) is 11.5. The van der Waals surface area contributed by atoms with E-state index in [9.17, 15) is 9.90 Å². The summed E-state index contributed by atoms with van der Waals surface area (Å²) in [5.41, 5.74) is 4.12. The van der Waals surface area contributed by atoms with Gasteiger partial charge in [0.25, 0.3) is 6.08 Å². The van der Waals surface area contributed by atoms with Crippen LogP contribution in [0.5, 0.6) is 5.75 Å². The summed E-state index contributed by atoms with van der Waals surface area (Å²) < 4.78 is 45.7. The van der Waals surface area contributed by atoms with Crippen LogP contribution >= 0.6 is 0 Å². The van der Waals surface area contributed by atoms with Crippen molar-refractivity contribution in [3.63, 3.8) is 0 Å². The van der Waals surface area contributed by atoms with Gasteiger partial charge in [-0.25, -0.2) is 14.2 Å². The predicted octanol–water partition coefficient (Wildman–Crippen LogP) is 6.17. The highest BCUT2D eigenvalue weighted by molar-refractivity contribution is 5.94. The number of carbonyl (C=O) groups is 1. The third-order valence-corrected chi connectivity index (χ3v) is 8.25. The molecule has 7 rings (SSSR count). The summed E-state index contributed by atoms with van der Waals surface area (Å²) in [6, 6.07) is 19.7. The molecule has 1 saturated heterocycles. The van der Waals surface area contributed by atoms with E-state index in [0.29, 0.717) is 29.2 Å². The van der Waals surface area contributed by atoms with Gasteiger partial charge >= 0.3 is 5.97 Å². The van der Waals surface area contributed by atoms with E-state index in [2.05, 4.69) is 26.9 Å². The molecule has 0 bridgehead atoms. The van der Waals surface area contributed by atoms with Crippen LogP contribution in [0.2, 0.25) is 0 Å². The summed E-state index contributed by atoms with van der Waals surface area (Å²) in [6.45, 7) is 0.984. The summed E-state index contributed by atoms with van der Waals surface area (Å²) in [7, 11) is 1.84. The first-order chi connectivity index (χ1) is 23.3. The van der Waals surface area contributed by atoms with E-state index in [1.807, 2.05) is 49.6 Å². The van der Waals surface area contributed by atoms with Gasteiger partial charge in [0.2, 0.25) is 0 Å². The Morgan fingerprint density at radius 2 is 1.88 bits per heavy atom. The summed E-state index contributed by atoms with van der Waals surface area (Å²) in [5, 5.41) is 14.0. The monoisotopic (exact) mass is 645 g/mol. The third-order valence-electron chi connectivity index (χ3n) is 8.25. The minimum Gasteiger partial charge on any atom is -0.487 e. The first kappa shape index (κ1) is 30.8. The summed E-state index contributed by atoms with van der Waals surface area (Å²) in [4.78, 5) is 20.7. The van der Waals surface area contributed by atoms with E-state index in [0.717, 1.165) is 29.2 Å². The lowest BCUT2D eigenvalue weighted by Crippen LogP contribution is -2.31. The zero-order valence-corrected chi connectivity index (χ0v) is 25.9. The van der Waals surface area contributed by atoms with Crippen LogP contribution < -0.4 is 4.74 Å². The number of nitrogens with zero attached hydrogens (tertiary/aromatic N) is 5. The van der Waals surface area contributed by atoms with Gasteiger partial charge in [0.15, 0.2) is 0 Å². The quantitative estimate of drug-likeness (QED) is 0.188. The van der Waals surface area contributed by atoms with Crippen LogP contribution in [-0.4, -0.2) is 48.1 Å². The van der Waals surface area contributed by atoms with Crippen molar-refractivity contribution in [2.45, 2.75) is 32.1 Å². The van der Waals surface area contributed by atoms with E-state index in [-0.39, 0.29) is 42.3 Å². The van der Waals surface area contributed by atoms with Gasteiger partial charge in [-0.1, -0.05) is 48.2 Å². The number of halogens is 2. The molecule has 0 aliphatic carbocycles. The Labute approximate surface area is 274 Å². The number of ether oxygens (including phenoxy) is 2. The first-order valence-corrected chi connectivity index (χ1v) is 15.3. The summed E-state index contributed by atoms with van der Waals surface area (Å²) in [6.07, 6.45) is 4.84. The van der Waals surface area contributed by atoms with Crippen molar-refractivity contribution in [2.24, 2.45) is 7.05 Å². The number of hydrogen-bond acceptors (Lipinski definition) is 6. The number of rotatable bonds is 9. The van der Waals surface area contributed by atoms with Crippen LogP contribution in [0.1, 0.15) is 44.6 Å². The Morgan fingerprint density at radius 1 is 1.08 bits per heavy atom. The van der Waals surface area contributed by atoms with Crippen molar-refractivity contribution >= 4 is 17.0 Å². The lowest BCUT2D eigenvalue weighted by molar-refractivity contribution is -0.0600. The van der Waals surface area contributed by atoms with Crippen molar-refractivity contribution in [2.75, 3.05) is 6.61 Å². The van der Waals surface area contributed by atoms with Crippen LogP contribution in [0.3, 0.4) is 0 Å². The molecule has 1 N–H and O–H groups in total. The average Bonchev–Trinajstić information content (AvgIpc) is 3.63.